The SMILES string of the molecule is CC(C)c1nc(N2CCN(CC(=O)NC3CCCCC3)CC2)c(C#N)c2c1CCC2. The third-order valence-corrected chi connectivity index (χ3v) is 6.95. The number of nitrogens with one attached hydrogen (secondary N) is 1. The number of fused-ring (bicyclic) bond motifs is 1. The number of amides is 1. The zero-order valence-corrected chi connectivity index (χ0v) is 18.5. The predicted molar refractivity (Wildman–Crippen MR) is 119 cm³/mol. The summed E-state index contributed by atoms with van der Waals surface area (Å²) in [6.07, 6.45) is 9.18. The minimum atomic E-state index is 0.158. The van der Waals surface area contributed by atoms with Gasteiger partial charge in [0.15, 0.2) is 0 Å². The van der Waals surface area contributed by atoms with Crippen molar-refractivity contribution in [3.8, 4) is 6.07 Å². The first-order chi connectivity index (χ1) is 14.6. The first-order valence-corrected chi connectivity index (χ1v) is 11.8. The fourth-order valence-electron chi connectivity index (χ4n) is 5.34. The Morgan fingerprint density at radius 2 is 1.80 bits per heavy atom. The number of rotatable bonds is 5. The van der Waals surface area contributed by atoms with Crippen LogP contribution in [0, 0.1) is 11.3 Å². The lowest BCUT2D eigenvalue weighted by Gasteiger charge is -2.36. The normalized spacial score (nSPS) is 20.3. The molecule has 0 spiro atoms. The van der Waals surface area contributed by atoms with Gasteiger partial charge in [-0.2, -0.15) is 5.26 Å². The van der Waals surface area contributed by atoms with Gasteiger partial charge in [-0.25, -0.2) is 4.98 Å². The molecule has 1 N–H and O–H groups in total. The van der Waals surface area contributed by atoms with Gasteiger partial charge >= 0.3 is 0 Å². The Kier molecular flexibility index (Phi) is 6.58. The molecule has 2 fully saturated rings. The molecule has 1 aromatic heterocycles. The van der Waals surface area contributed by atoms with Gasteiger partial charge in [-0.1, -0.05) is 33.1 Å². The summed E-state index contributed by atoms with van der Waals surface area (Å²) in [5, 5.41) is 13.1. The van der Waals surface area contributed by atoms with Crippen molar-refractivity contribution in [2.24, 2.45) is 0 Å². The highest BCUT2D eigenvalue weighted by Crippen LogP contribution is 2.35. The lowest BCUT2D eigenvalue weighted by molar-refractivity contribution is -0.123. The average Bonchev–Trinajstić information content (AvgIpc) is 3.23. The average molecular weight is 410 g/mol. The standard InChI is InChI=1S/C24H35N5O/c1-17(2)23-20-10-6-9-19(20)21(15-25)24(27-23)29-13-11-28(12-14-29)16-22(30)26-18-7-4-3-5-8-18/h17-18H,3-14,16H2,1-2H3,(H,26,30). The van der Waals surface area contributed by atoms with Crippen molar-refractivity contribution >= 4 is 11.7 Å². The second kappa shape index (κ2) is 9.34. The molecule has 0 unspecified atom stereocenters. The number of anilines is 1. The fourth-order valence-corrected chi connectivity index (χ4v) is 5.34. The molecule has 4 rings (SSSR count). The molecule has 0 atom stereocenters. The summed E-state index contributed by atoms with van der Waals surface area (Å²) in [7, 11) is 0. The van der Waals surface area contributed by atoms with Gasteiger partial charge in [-0.15, -0.1) is 0 Å². The maximum Gasteiger partial charge on any atom is 0.234 e. The predicted octanol–water partition coefficient (Wildman–Crippen LogP) is 3.14. The Bertz CT molecular complexity index is 814. The number of nitrogens with zero attached hydrogens (tertiary/aromatic N) is 4. The van der Waals surface area contributed by atoms with Gasteiger partial charge in [0.2, 0.25) is 5.91 Å². The quantitative estimate of drug-likeness (QED) is 0.809. The molecule has 162 valence electrons. The number of hydrogen-bond acceptors (Lipinski definition) is 5. The van der Waals surface area contributed by atoms with Crippen molar-refractivity contribution in [3.05, 3.63) is 22.4 Å². The Morgan fingerprint density at radius 3 is 2.47 bits per heavy atom. The zero-order valence-electron chi connectivity index (χ0n) is 18.5. The van der Waals surface area contributed by atoms with Crippen molar-refractivity contribution in [3.63, 3.8) is 0 Å². The van der Waals surface area contributed by atoms with Crippen LogP contribution in [0.3, 0.4) is 0 Å². The van der Waals surface area contributed by atoms with E-state index in [4.69, 9.17) is 4.98 Å². The fraction of sp³-hybridized carbons (Fsp3) is 0.708. The van der Waals surface area contributed by atoms with E-state index in [0.717, 1.165) is 69.7 Å². The Morgan fingerprint density at radius 1 is 1.10 bits per heavy atom. The third kappa shape index (κ3) is 4.46. The van der Waals surface area contributed by atoms with Gasteiger partial charge < -0.3 is 10.2 Å². The van der Waals surface area contributed by atoms with Crippen LogP contribution in [0.25, 0.3) is 0 Å². The minimum Gasteiger partial charge on any atom is -0.353 e. The molecule has 1 amide bonds. The van der Waals surface area contributed by atoms with Crippen LogP contribution >= 0.6 is 0 Å². The van der Waals surface area contributed by atoms with Crippen LogP contribution in [0.5, 0.6) is 0 Å². The van der Waals surface area contributed by atoms with E-state index in [1.165, 1.54) is 36.1 Å². The van der Waals surface area contributed by atoms with Gasteiger partial charge in [0.1, 0.15) is 11.9 Å². The zero-order chi connectivity index (χ0) is 21.1. The van der Waals surface area contributed by atoms with Crippen molar-refractivity contribution in [1.82, 2.24) is 15.2 Å². The molecule has 2 aliphatic carbocycles. The Hall–Kier alpha value is -2.13. The lowest BCUT2D eigenvalue weighted by atomic mass is 9.95. The number of carbonyl (C=O) groups excluding carboxylic acids is 1. The first-order valence-electron chi connectivity index (χ1n) is 11.8. The highest BCUT2D eigenvalue weighted by Gasteiger charge is 2.29. The molecule has 0 radical (unpaired) electrons. The highest BCUT2D eigenvalue weighted by molar-refractivity contribution is 5.78. The van der Waals surface area contributed by atoms with E-state index in [0.29, 0.717) is 18.5 Å². The Balaban J connectivity index is 1.40. The lowest BCUT2D eigenvalue weighted by Crippen LogP contribution is -2.51. The molecule has 6 nitrogen and oxygen atoms in total. The van der Waals surface area contributed by atoms with E-state index in [1.807, 2.05) is 0 Å². The number of carbonyl (C=O) groups is 1. The van der Waals surface area contributed by atoms with Crippen LogP contribution in [-0.4, -0.2) is 54.6 Å². The summed E-state index contributed by atoms with van der Waals surface area (Å²) >= 11 is 0. The molecule has 1 aliphatic heterocycles. The summed E-state index contributed by atoms with van der Waals surface area (Å²) in [6.45, 7) is 8.16. The molecule has 3 aliphatic rings. The second-order valence-electron chi connectivity index (χ2n) is 9.44. The number of hydrogen-bond donors (Lipinski definition) is 1. The third-order valence-electron chi connectivity index (χ3n) is 6.95. The van der Waals surface area contributed by atoms with Crippen LogP contribution in [0.15, 0.2) is 0 Å². The van der Waals surface area contributed by atoms with E-state index >= 15 is 0 Å². The number of nitriles is 1. The molecule has 1 saturated heterocycles. The van der Waals surface area contributed by atoms with Crippen molar-refractivity contribution < 1.29 is 4.79 Å². The molecule has 0 aromatic carbocycles. The van der Waals surface area contributed by atoms with E-state index in [-0.39, 0.29) is 5.91 Å². The van der Waals surface area contributed by atoms with Crippen molar-refractivity contribution in [1.29, 1.82) is 5.26 Å². The summed E-state index contributed by atoms with van der Waals surface area (Å²) in [5.41, 5.74) is 4.52. The molecule has 30 heavy (non-hydrogen) atoms. The molecule has 2 heterocycles. The molecule has 6 heteroatoms. The van der Waals surface area contributed by atoms with Crippen LogP contribution < -0.4 is 10.2 Å². The van der Waals surface area contributed by atoms with Crippen molar-refractivity contribution in [2.75, 3.05) is 37.6 Å². The number of piperazine rings is 1. The maximum atomic E-state index is 12.5. The van der Waals surface area contributed by atoms with E-state index < -0.39 is 0 Å². The molecular formula is C24H35N5O. The smallest absolute Gasteiger partial charge is 0.234 e. The summed E-state index contributed by atoms with van der Waals surface area (Å²) in [6, 6.07) is 2.84. The molecular weight excluding hydrogens is 374 g/mol. The maximum absolute atomic E-state index is 12.5. The summed E-state index contributed by atoms with van der Waals surface area (Å²) in [5.74, 6) is 1.40. The minimum absolute atomic E-state index is 0.158. The van der Waals surface area contributed by atoms with Crippen LogP contribution in [-0.2, 0) is 17.6 Å². The Labute approximate surface area is 180 Å². The van der Waals surface area contributed by atoms with Crippen LogP contribution in [0.4, 0.5) is 5.82 Å². The van der Waals surface area contributed by atoms with Gasteiger partial charge in [0.05, 0.1) is 12.1 Å². The van der Waals surface area contributed by atoms with Gasteiger partial charge in [-0.3, -0.25) is 9.69 Å². The number of aromatic nitrogens is 1. The monoisotopic (exact) mass is 409 g/mol. The van der Waals surface area contributed by atoms with Gasteiger partial charge in [0.25, 0.3) is 0 Å². The van der Waals surface area contributed by atoms with Crippen LogP contribution in [0.1, 0.15) is 80.7 Å². The first kappa shape index (κ1) is 21.1. The molecule has 1 aromatic rings. The van der Waals surface area contributed by atoms with Gasteiger partial charge in [0, 0.05) is 37.9 Å². The highest BCUT2D eigenvalue weighted by atomic mass is 16.2. The molecule has 1 saturated carbocycles. The van der Waals surface area contributed by atoms with Gasteiger partial charge in [-0.05, 0) is 49.1 Å². The van der Waals surface area contributed by atoms with E-state index in [1.54, 1.807) is 0 Å². The largest absolute Gasteiger partial charge is 0.353 e. The molecule has 0 bridgehead atoms. The van der Waals surface area contributed by atoms with E-state index in [2.05, 4.69) is 35.0 Å². The van der Waals surface area contributed by atoms with E-state index in [9.17, 15) is 10.1 Å². The summed E-state index contributed by atoms with van der Waals surface area (Å²) < 4.78 is 0. The topological polar surface area (TPSA) is 72.3 Å². The number of pyridine rings is 1. The van der Waals surface area contributed by atoms with Crippen LogP contribution in [0.2, 0.25) is 0 Å². The van der Waals surface area contributed by atoms with Crippen molar-refractivity contribution in [2.45, 2.75) is 77.2 Å². The second-order valence-corrected chi connectivity index (χ2v) is 9.44. The summed E-state index contributed by atoms with van der Waals surface area (Å²) in [4.78, 5) is 22.0.